The number of hydrogen-bond acceptors (Lipinski definition) is 6. The Morgan fingerprint density at radius 3 is 2.50 bits per heavy atom. The first-order valence-corrected chi connectivity index (χ1v) is 9.75. The van der Waals surface area contributed by atoms with Gasteiger partial charge in [-0.25, -0.2) is 0 Å². The number of rotatable bonds is 6. The van der Waals surface area contributed by atoms with Crippen LogP contribution in [0.15, 0.2) is 47.6 Å². The van der Waals surface area contributed by atoms with Crippen molar-refractivity contribution in [3.8, 4) is 17.2 Å². The molecule has 0 aliphatic carbocycles. The van der Waals surface area contributed by atoms with E-state index in [0.717, 1.165) is 21.5 Å². The predicted octanol–water partition coefficient (Wildman–Crippen LogP) is 3.94. The second-order valence-electron chi connectivity index (χ2n) is 6.32. The molecule has 144 valence electrons. The minimum Gasteiger partial charge on any atom is -0.493 e. The molecule has 0 saturated carbocycles. The van der Waals surface area contributed by atoms with Crippen molar-refractivity contribution in [3.05, 3.63) is 53.7 Å². The summed E-state index contributed by atoms with van der Waals surface area (Å²) in [6.07, 6.45) is 1.91. The Morgan fingerprint density at radius 1 is 1.07 bits per heavy atom. The quantitative estimate of drug-likeness (QED) is 0.639. The Kier molecular flexibility index (Phi) is 5.00. The third-order valence-electron chi connectivity index (χ3n) is 4.70. The summed E-state index contributed by atoms with van der Waals surface area (Å²) in [5, 5.41) is 2.03. The van der Waals surface area contributed by atoms with Gasteiger partial charge < -0.3 is 19.2 Å². The number of Topliss-reactive ketones (excluding diaryl/α,β-unsaturated/α-hetero) is 1. The molecule has 1 aromatic heterocycles. The average Bonchev–Trinajstić information content (AvgIpc) is 3.40. The highest BCUT2D eigenvalue weighted by atomic mass is 32.2. The van der Waals surface area contributed by atoms with Crippen LogP contribution in [0.5, 0.6) is 17.2 Å². The van der Waals surface area contributed by atoms with E-state index in [1.165, 1.54) is 21.3 Å². The Bertz CT molecular complexity index is 1050. The normalized spacial score (nSPS) is 16.1. The van der Waals surface area contributed by atoms with Crippen LogP contribution in [0.4, 0.5) is 0 Å². The van der Waals surface area contributed by atoms with E-state index in [1.807, 2.05) is 18.3 Å². The van der Waals surface area contributed by atoms with Crippen molar-refractivity contribution < 1.29 is 19.0 Å². The van der Waals surface area contributed by atoms with Gasteiger partial charge in [0.15, 0.2) is 17.3 Å². The third-order valence-corrected chi connectivity index (χ3v) is 5.80. The highest BCUT2D eigenvalue weighted by molar-refractivity contribution is 8.14. The van der Waals surface area contributed by atoms with Crippen molar-refractivity contribution in [3.63, 3.8) is 0 Å². The maximum Gasteiger partial charge on any atom is 0.203 e. The molecule has 4 rings (SSSR count). The van der Waals surface area contributed by atoms with Gasteiger partial charge in [0.05, 0.1) is 26.4 Å². The molecule has 1 atom stereocenters. The first kappa shape index (κ1) is 18.4. The number of aliphatic imine (C=N–C) groups is 1. The monoisotopic (exact) mass is 396 g/mol. The summed E-state index contributed by atoms with van der Waals surface area (Å²) in [5.41, 5.74) is 2.56. The zero-order valence-corrected chi connectivity index (χ0v) is 16.6. The molecule has 0 bridgehead atoms. The Balaban J connectivity index is 1.63. The van der Waals surface area contributed by atoms with Crippen LogP contribution in [0.25, 0.3) is 10.9 Å². The molecule has 0 spiro atoms. The molecule has 0 fully saturated rings. The second-order valence-corrected chi connectivity index (χ2v) is 7.33. The molecular formula is C21H20N2O4S. The zero-order chi connectivity index (χ0) is 19.7. The SMILES string of the molecule is COc1cc(C(=O)C2CSC(c3ccc4cc[nH]c4c3)=N2)cc(OC)c1OC. The molecule has 1 unspecified atom stereocenters. The van der Waals surface area contributed by atoms with E-state index in [2.05, 4.69) is 22.1 Å². The number of nitrogens with zero attached hydrogens (tertiary/aromatic N) is 1. The highest BCUT2D eigenvalue weighted by Crippen LogP contribution is 2.39. The van der Waals surface area contributed by atoms with Crippen molar-refractivity contribution in [1.29, 1.82) is 0 Å². The van der Waals surface area contributed by atoms with Crippen molar-refractivity contribution in [2.45, 2.75) is 6.04 Å². The van der Waals surface area contributed by atoms with Crippen LogP contribution in [-0.2, 0) is 0 Å². The molecule has 7 heteroatoms. The number of benzene rings is 2. The molecule has 3 aromatic rings. The molecule has 2 heterocycles. The fourth-order valence-electron chi connectivity index (χ4n) is 3.26. The zero-order valence-electron chi connectivity index (χ0n) is 15.8. The van der Waals surface area contributed by atoms with E-state index in [0.29, 0.717) is 28.6 Å². The molecular weight excluding hydrogens is 376 g/mol. The van der Waals surface area contributed by atoms with Gasteiger partial charge in [0, 0.05) is 28.6 Å². The molecule has 1 N–H and O–H groups in total. The average molecular weight is 396 g/mol. The van der Waals surface area contributed by atoms with E-state index < -0.39 is 6.04 Å². The molecule has 28 heavy (non-hydrogen) atoms. The van der Waals surface area contributed by atoms with Gasteiger partial charge in [-0.15, -0.1) is 11.8 Å². The lowest BCUT2D eigenvalue weighted by Crippen LogP contribution is -2.19. The molecule has 1 aliphatic rings. The van der Waals surface area contributed by atoms with E-state index in [-0.39, 0.29) is 5.78 Å². The predicted molar refractivity (Wildman–Crippen MR) is 112 cm³/mol. The standard InChI is InChI=1S/C21H20N2O4S/c1-25-17-9-14(10-18(26-2)20(17)27-3)19(24)16-11-28-21(23-16)13-5-4-12-6-7-22-15(12)8-13/h4-10,16,22H,11H2,1-3H3. The van der Waals surface area contributed by atoms with Gasteiger partial charge in [-0.05, 0) is 29.7 Å². The molecule has 6 nitrogen and oxygen atoms in total. The summed E-state index contributed by atoms with van der Waals surface area (Å²) < 4.78 is 16.0. The van der Waals surface area contributed by atoms with Crippen LogP contribution in [0.1, 0.15) is 15.9 Å². The lowest BCUT2D eigenvalue weighted by atomic mass is 10.0. The van der Waals surface area contributed by atoms with Crippen LogP contribution in [0, 0.1) is 0 Å². The second kappa shape index (κ2) is 7.59. The van der Waals surface area contributed by atoms with Crippen LogP contribution < -0.4 is 14.2 Å². The van der Waals surface area contributed by atoms with E-state index in [1.54, 1.807) is 23.9 Å². The largest absolute Gasteiger partial charge is 0.493 e. The number of carbonyl (C=O) groups is 1. The van der Waals surface area contributed by atoms with Crippen molar-refractivity contribution >= 4 is 33.5 Å². The van der Waals surface area contributed by atoms with Crippen LogP contribution in [-0.4, -0.2) is 48.9 Å². The van der Waals surface area contributed by atoms with E-state index >= 15 is 0 Å². The van der Waals surface area contributed by atoms with E-state index in [9.17, 15) is 4.79 Å². The summed E-state index contributed by atoms with van der Waals surface area (Å²) in [5.74, 6) is 1.91. The maximum absolute atomic E-state index is 13.1. The number of thioether (sulfide) groups is 1. The lowest BCUT2D eigenvalue weighted by Gasteiger charge is -2.14. The van der Waals surface area contributed by atoms with Gasteiger partial charge in [-0.3, -0.25) is 9.79 Å². The maximum atomic E-state index is 13.1. The number of aromatic nitrogens is 1. The molecule has 0 radical (unpaired) electrons. The van der Waals surface area contributed by atoms with Crippen molar-refractivity contribution in [2.75, 3.05) is 27.1 Å². The number of nitrogens with one attached hydrogen (secondary N) is 1. The molecule has 0 amide bonds. The lowest BCUT2D eigenvalue weighted by molar-refractivity contribution is 0.0971. The number of methoxy groups -OCH3 is 3. The molecule has 2 aromatic carbocycles. The fourth-order valence-corrected chi connectivity index (χ4v) is 4.30. The van der Waals surface area contributed by atoms with E-state index in [4.69, 9.17) is 14.2 Å². The number of ether oxygens (including phenoxy) is 3. The number of H-pyrrole nitrogens is 1. The molecule has 1 aliphatic heterocycles. The Labute approximate surface area is 166 Å². The summed E-state index contributed by atoms with van der Waals surface area (Å²) in [6, 6.07) is 11.1. The number of carbonyl (C=O) groups excluding carboxylic acids is 1. The summed E-state index contributed by atoms with van der Waals surface area (Å²) in [6.45, 7) is 0. The van der Waals surface area contributed by atoms with Gasteiger partial charge >= 0.3 is 0 Å². The highest BCUT2D eigenvalue weighted by Gasteiger charge is 2.28. The van der Waals surface area contributed by atoms with Crippen molar-refractivity contribution in [2.24, 2.45) is 4.99 Å². The molecule has 0 saturated heterocycles. The summed E-state index contributed by atoms with van der Waals surface area (Å²) in [4.78, 5) is 20.9. The van der Waals surface area contributed by atoms with Gasteiger partial charge in [0.2, 0.25) is 5.75 Å². The van der Waals surface area contributed by atoms with Crippen LogP contribution in [0.2, 0.25) is 0 Å². The first-order chi connectivity index (χ1) is 13.6. The van der Waals surface area contributed by atoms with Crippen molar-refractivity contribution in [1.82, 2.24) is 4.98 Å². The summed E-state index contributed by atoms with van der Waals surface area (Å²) in [7, 11) is 4.60. The minimum atomic E-state index is -0.442. The number of aromatic amines is 1. The van der Waals surface area contributed by atoms with Gasteiger partial charge in [-0.2, -0.15) is 0 Å². The van der Waals surface area contributed by atoms with Crippen LogP contribution in [0.3, 0.4) is 0 Å². The number of ketones is 1. The first-order valence-electron chi connectivity index (χ1n) is 8.77. The minimum absolute atomic E-state index is 0.0669. The fraction of sp³-hybridized carbons (Fsp3) is 0.238. The third kappa shape index (κ3) is 3.22. The van der Waals surface area contributed by atoms with Gasteiger partial charge in [0.1, 0.15) is 6.04 Å². The van der Waals surface area contributed by atoms with Gasteiger partial charge in [-0.1, -0.05) is 12.1 Å². The topological polar surface area (TPSA) is 72.9 Å². The number of hydrogen-bond donors (Lipinski definition) is 1. The van der Waals surface area contributed by atoms with Crippen LogP contribution >= 0.6 is 11.8 Å². The number of fused-ring (bicyclic) bond motifs is 1. The van der Waals surface area contributed by atoms with Gasteiger partial charge in [0.25, 0.3) is 0 Å². The Hall–Kier alpha value is -2.93. The summed E-state index contributed by atoms with van der Waals surface area (Å²) >= 11 is 1.59. The smallest absolute Gasteiger partial charge is 0.203 e. The Morgan fingerprint density at radius 2 is 1.82 bits per heavy atom.